The molecule has 9 heteroatoms. The van der Waals surface area contributed by atoms with Gasteiger partial charge in [-0.3, -0.25) is 14.9 Å². The minimum atomic E-state index is -0.513. The van der Waals surface area contributed by atoms with Crippen LogP contribution in [0.4, 0.5) is 5.00 Å². The normalized spacial score (nSPS) is 11.8. The van der Waals surface area contributed by atoms with Crippen LogP contribution in [-0.2, 0) is 7.05 Å². The topological polar surface area (TPSA) is 99.3 Å². The van der Waals surface area contributed by atoms with E-state index in [1.807, 2.05) is 23.7 Å². The zero-order valence-corrected chi connectivity index (χ0v) is 14.9. The summed E-state index contributed by atoms with van der Waals surface area (Å²) in [6, 6.07) is 9.55. The molecule has 1 amide bonds. The summed E-state index contributed by atoms with van der Waals surface area (Å²) in [5, 5.41) is 13.7. The van der Waals surface area contributed by atoms with Gasteiger partial charge in [-0.15, -0.1) is 0 Å². The van der Waals surface area contributed by atoms with Crippen LogP contribution >= 0.6 is 11.3 Å². The summed E-state index contributed by atoms with van der Waals surface area (Å²) in [5.74, 6) is 0.953. The second-order valence-electron chi connectivity index (χ2n) is 5.47. The minimum Gasteiger partial charge on any atom is -0.497 e. The smallest absolute Gasteiger partial charge is 0.324 e. The number of methoxy groups -OCH3 is 1. The third-order valence-electron chi connectivity index (χ3n) is 3.84. The highest BCUT2D eigenvalue weighted by molar-refractivity contribution is 7.17. The Morgan fingerprint density at radius 1 is 1.31 bits per heavy atom. The summed E-state index contributed by atoms with van der Waals surface area (Å²) in [6.45, 7) is 0. The molecule has 1 N–H and O–H groups in total. The van der Waals surface area contributed by atoms with Crippen molar-refractivity contribution < 1.29 is 14.5 Å². The number of aromatic nitrogens is 2. The van der Waals surface area contributed by atoms with E-state index in [4.69, 9.17) is 4.74 Å². The summed E-state index contributed by atoms with van der Waals surface area (Å²) in [5.41, 5.74) is 0.819. The van der Waals surface area contributed by atoms with Crippen molar-refractivity contribution in [3.63, 3.8) is 0 Å². The van der Waals surface area contributed by atoms with Gasteiger partial charge in [-0.25, -0.2) is 4.98 Å². The Hall–Kier alpha value is -3.20. The molecule has 8 nitrogen and oxygen atoms in total. The number of nitro groups is 1. The standard InChI is InChI=1S/C17H16N4O4S/c1-20-10-9-18-16(20)15(11-3-5-12(25-2)6-4-11)19-17(22)13-7-8-14(26-13)21(23)24/h3-10,15H,1-2H3,(H,19,22). The van der Waals surface area contributed by atoms with E-state index in [0.29, 0.717) is 11.6 Å². The molecular weight excluding hydrogens is 356 g/mol. The lowest BCUT2D eigenvalue weighted by molar-refractivity contribution is -0.380. The van der Waals surface area contributed by atoms with Gasteiger partial charge in [0.2, 0.25) is 0 Å². The lowest BCUT2D eigenvalue weighted by Gasteiger charge is -2.19. The molecule has 134 valence electrons. The van der Waals surface area contributed by atoms with Crippen LogP contribution in [0.25, 0.3) is 0 Å². The van der Waals surface area contributed by atoms with Gasteiger partial charge in [0.1, 0.15) is 17.6 Å². The number of nitrogens with zero attached hydrogens (tertiary/aromatic N) is 3. The fraction of sp³-hybridized carbons (Fsp3) is 0.176. The first-order valence-corrected chi connectivity index (χ1v) is 8.47. The van der Waals surface area contributed by atoms with E-state index in [0.717, 1.165) is 16.9 Å². The number of hydrogen-bond acceptors (Lipinski definition) is 6. The Bertz CT molecular complexity index is 932. The summed E-state index contributed by atoms with van der Waals surface area (Å²) in [6.07, 6.45) is 3.43. The molecule has 0 aliphatic carbocycles. The molecule has 0 fully saturated rings. The average molecular weight is 372 g/mol. The number of thiophene rings is 1. The number of benzene rings is 1. The van der Waals surface area contributed by atoms with E-state index in [1.54, 1.807) is 31.6 Å². The first-order chi connectivity index (χ1) is 12.5. The van der Waals surface area contributed by atoms with E-state index < -0.39 is 16.9 Å². The molecule has 0 saturated carbocycles. The predicted octanol–water partition coefficient (Wildman–Crippen LogP) is 2.92. The first kappa shape index (κ1) is 17.6. The number of rotatable bonds is 6. The lowest BCUT2D eigenvalue weighted by Crippen LogP contribution is -2.30. The molecule has 0 saturated heterocycles. The Morgan fingerprint density at radius 2 is 2.04 bits per heavy atom. The molecule has 1 aromatic carbocycles. The number of nitrogens with one attached hydrogen (secondary N) is 1. The summed E-state index contributed by atoms with van der Waals surface area (Å²) in [4.78, 5) is 27.5. The fourth-order valence-electron chi connectivity index (χ4n) is 2.50. The molecule has 1 unspecified atom stereocenters. The second-order valence-corrected chi connectivity index (χ2v) is 6.53. The van der Waals surface area contributed by atoms with Crippen LogP contribution in [0.2, 0.25) is 0 Å². The van der Waals surface area contributed by atoms with Gasteiger partial charge in [0.05, 0.1) is 16.9 Å². The van der Waals surface area contributed by atoms with Gasteiger partial charge in [-0.05, 0) is 23.8 Å². The molecule has 0 aliphatic rings. The van der Waals surface area contributed by atoms with Crippen LogP contribution in [0.15, 0.2) is 48.8 Å². The van der Waals surface area contributed by atoms with Crippen LogP contribution in [0.1, 0.15) is 27.1 Å². The minimum absolute atomic E-state index is 0.0758. The largest absolute Gasteiger partial charge is 0.497 e. The Balaban J connectivity index is 1.91. The maximum absolute atomic E-state index is 12.6. The van der Waals surface area contributed by atoms with Crippen molar-refractivity contribution in [3.8, 4) is 5.75 Å². The van der Waals surface area contributed by atoms with Crippen molar-refractivity contribution in [1.29, 1.82) is 0 Å². The van der Waals surface area contributed by atoms with Crippen molar-refractivity contribution in [2.75, 3.05) is 7.11 Å². The number of amides is 1. The molecule has 2 heterocycles. The van der Waals surface area contributed by atoms with E-state index in [-0.39, 0.29) is 9.88 Å². The highest BCUT2D eigenvalue weighted by atomic mass is 32.1. The molecule has 26 heavy (non-hydrogen) atoms. The number of carbonyl (C=O) groups is 1. The lowest BCUT2D eigenvalue weighted by atomic mass is 10.1. The second kappa shape index (κ2) is 7.36. The quantitative estimate of drug-likeness (QED) is 0.530. The third-order valence-corrected chi connectivity index (χ3v) is 4.87. The van der Waals surface area contributed by atoms with Gasteiger partial charge in [0, 0.05) is 25.5 Å². The zero-order valence-electron chi connectivity index (χ0n) is 14.1. The van der Waals surface area contributed by atoms with Crippen LogP contribution in [0, 0.1) is 10.1 Å². The van der Waals surface area contributed by atoms with E-state index in [2.05, 4.69) is 10.3 Å². The summed E-state index contributed by atoms with van der Waals surface area (Å²) >= 11 is 0.835. The number of carbonyl (C=O) groups excluding carboxylic acids is 1. The average Bonchev–Trinajstić information content (AvgIpc) is 3.29. The zero-order chi connectivity index (χ0) is 18.7. The molecule has 1 atom stereocenters. The van der Waals surface area contributed by atoms with Crippen molar-refractivity contribution in [2.24, 2.45) is 7.05 Å². The summed E-state index contributed by atoms with van der Waals surface area (Å²) < 4.78 is 6.98. The highest BCUT2D eigenvalue weighted by Gasteiger charge is 2.23. The predicted molar refractivity (Wildman–Crippen MR) is 96.5 cm³/mol. The Kier molecular flexibility index (Phi) is 4.99. The number of ether oxygens (including phenoxy) is 1. The molecule has 0 bridgehead atoms. The Labute approximate surface area is 153 Å². The number of aryl methyl sites for hydroxylation is 1. The SMILES string of the molecule is COc1ccc(C(NC(=O)c2ccc([N+](=O)[O-])s2)c2nccn2C)cc1. The van der Waals surface area contributed by atoms with Crippen molar-refractivity contribution in [1.82, 2.24) is 14.9 Å². The number of hydrogen-bond donors (Lipinski definition) is 1. The van der Waals surface area contributed by atoms with Crippen LogP contribution < -0.4 is 10.1 Å². The van der Waals surface area contributed by atoms with Crippen molar-refractivity contribution in [2.45, 2.75) is 6.04 Å². The Morgan fingerprint density at radius 3 is 2.58 bits per heavy atom. The van der Waals surface area contributed by atoms with Crippen molar-refractivity contribution in [3.05, 3.63) is 75.2 Å². The van der Waals surface area contributed by atoms with E-state index >= 15 is 0 Å². The number of imidazole rings is 1. The van der Waals surface area contributed by atoms with Gasteiger partial charge in [-0.2, -0.15) is 0 Å². The maximum atomic E-state index is 12.6. The van der Waals surface area contributed by atoms with E-state index in [1.165, 1.54) is 12.1 Å². The first-order valence-electron chi connectivity index (χ1n) is 7.66. The maximum Gasteiger partial charge on any atom is 0.324 e. The molecule has 3 rings (SSSR count). The molecule has 3 aromatic rings. The van der Waals surface area contributed by atoms with Gasteiger partial charge >= 0.3 is 5.00 Å². The molecule has 0 aliphatic heterocycles. The summed E-state index contributed by atoms with van der Waals surface area (Å²) in [7, 11) is 3.41. The molecule has 0 spiro atoms. The van der Waals surface area contributed by atoms with E-state index in [9.17, 15) is 14.9 Å². The van der Waals surface area contributed by atoms with Crippen LogP contribution in [0.3, 0.4) is 0 Å². The third kappa shape index (κ3) is 3.57. The molecule has 0 radical (unpaired) electrons. The fourth-order valence-corrected chi connectivity index (χ4v) is 3.22. The van der Waals surface area contributed by atoms with Crippen molar-refractivity contribution >= 4 is 22.2 Å². The monoisotopic (exact) mass is 372 g/mol. The van der Waals surface area contributed by atoms with Gasteiger partial charge in [-0.1, -0.05) is 23.5 Å². The molecular formula is C17H16N4O4S. The van der Waals surface area contributed by atoms with Crippen LogP contribution in [0.5, 0.6) is 5.75 Å². The van der Waals surface area contributed by atoms with Gasteiger partial charge in [0.25, 0.3) is 5.91 Å². The molecule has 2 aromatic heterocycles. The van der Waals surface area contributed by atoms with Gasteiger partial charge < -0.3 is 14.6 Å². The highest BCUT2D eigenvalue weighted by Crippen LogP contribution is 2.27. The van der Waals surface area contributed by atoms with Crippen LogP contribution in [-0.4, -0.2) is 27.5 Å². The van der Waals surface area contributed by atoms with Gasteiger partial charge in [0.15, 0.2) is 0 Å².